The number of nitrogens with zero attached hydrogens (tertiary/aromatic N) is 1. The summed E-state index contributed by atoms with van der Waals surface area (Å²) in [6, 6.07) is 5.48. The minimum absolute atomic E-state index is 0. The molecule has 1 aromatic carbocycles. The number of nitrogens with one attached hydrogen (secondary N) is 1. The van der Waals surface area contributed by atoms with Crippen molar-refractivity contribution in [1.82, 2.24) is 4.98 Å². The zero-order valence-electron chi connectivity index (χ0n) is 12.1. The van der Waals surface area contributed by atoms with E-state index in [4.69, 9.17) is 17.3 Å². The molecule has 0 unspecified atom stereocenters. The van der Waals surface area contributed by atoms with Crippen LogP contribution in [-0.4, -0.2) is 16.9 Å². The quantitative estimate of drug-likeness (QED) is 0.862. The third-order valence-corrected chi connectivity index (χ3v) is 5.07. The topological polar surface area (TPSA) is 68.0 Å². The molecule has 1 heterocycles. The van der Waals surface area contributed by atoms with Crippen LogP contribution in [0.15, 0.2) is 18.2 Å². The van der Waals surface area contributed by atoms with Crippen molar-refractivity contribution >= 4 is 46.4 Å². The van der Waals surface area contributed by atoms with E-state index < -0.39 is 0 Å². The van der Waals surface area contributed by atoms with Gasteiger partial charge in [0.05, 0.1) is 5.69 Å². The predicted molar refractivity (Wildman–Crippen MR) is 93.5 cm³/mol. The summed E-state index contributed by atoms with van der Waals surface area (Å²) in [5, 5.41) is 4.07. The lowest BCUT2D eigenvalue weighted by Crippen LogP contribution is -2.27. The summed E-state index contributed by atoms with van der Waals surface area (Å²) in [6.45, 7) is 1.90. The number of benzene rings is 1. The minimum atomic E-state index is -0.188. The first-order valence-electron chi connectivity index (χ1n) is 6.84. The van der Waals surface area contributed by atoms with Crippen LogP contribution in [0.4, 0.5) is 5.13 Å². The lowest BCUT2D eigenvalue weighted by Gasteiger charge is -2.15. The fourth-order valence-electron chi connectivity index (χ4n) is 2.36. The van der Waals surface area contributed by atoms with Crippen LogP contribution < -0.4 is 11.1 Å². The van der Waals surface area contributed by atoms with Gasteiger partial charge in [0.2, 0.25) is 0 Å². The normalized spacial score (nSPS) is 16.6. The highest BCUT2D eigenvalue weighted by Crippen LogP contribution is 2.29. The van der Waals surface area contributed by atoms with Crippen molar-refractivity contribution in [3.05, 3.63) is 44.9 Å². The molecule has 0 fully saturated rings. The van der Waals surface area contributed by atoms with Crippen molar-refractivity contribution < 1.29 is 4.79 Å². The zero-order valence-corrected chi connectivity index (χ0v) is 14.4. The molecular weight excluding hydrogens is 341 g/mol. The first kappa shape index (κ1) is 17.2. The molecule has 0 saturated heterocycles. The number of anilines is 1. The van der Waals surface area contributed by atoms with Gasteiger partial charge >= 0.3 is 0 Å². The monoisotopic (exact) mass is 357 g/mol. The molecule has 3 N–H and O–H groups in total. The van der Waals surface area contributed by atoms with E-state index in [1.807, 2.05) is 13.0 Å². The molecule has 1 aliphatic carbocycles. The number of carbonyl (C=O) groups excluding carboxylic acids is 1. The third-order valence-electron chi connectivity index (χ3n) is 3.63. The van der Waals surface area contributed by atoms with Gasteiger partial charge in [-0.25, -0.2) is 4.98 Å². The van der Waals surface area contributed by atoms with Gasteiger partial charge in [0, 0.05) is 21.5 Å². The maximum Gasteiger partial charge on any atom is 0.257 e. The van der Waals surface area contributed by atoms with Gasteiger partial charge in [0.1, 0.15) is 0 Å². The molecule has 0 aliphatic heterocycles. The van der Waals surface area contributed by atoms with Crippen LogP contribution in [0.5, 0.6) is 0 Å². The van der Waals surface area contributed by atoms with Gasteiger partial charge in [-0.1, -0.05) is 17.7 Å². The fraction of sp³-hybridized carbons (Fsp3) is 0.333. The number of carbonyl (C=O) groups is 1. The first-order chi connectivity index (χ1) is 10.0. The number of nitrogens with two attached hydrogens (primary N) is 1. The number of halogens is 2. The Morgan fingerprint density at radius 1 is 1.50 bits per heavy atom. The summed E-state index contributed by atoms with van der Waals surface area (Å²) in [6.07, 6.45) is 2.69. The lowest BCUT2D eigenvalue weighted by atomic mass is 9.99. The number of aryl methyl sites for hydroxylation is 2. The average Bonchev–Trinajstić information content (AvgIpc) is 2.83. The van der Waals surface area contributed by atoms with Crippen molar-refractivity contribution in [1.29, 1.82) is 0 Å². The Morgan fingerprint density at radius 2 is 2.27 bits per heavy atom. The second-order valence-electron chi connectivity index (χ2n) is 5.31. The highest BCUT2D eigenvalue weighted by atomic mass is 35.5. The summed E-state index contributed by atoms with van der Waals surface area (Å²) < 4.78 is 0. The second-order valence-corrected chi connectivity index (χ2v) is 6.80. The molecule has 7 heteroatoms. The second kappa shape index (κ2) is 6.96. The van der Waals surface area contributed by atoms with Crippen LogP contribution in [0.25, 0.3) is 0 Å². The van der Waals surface area contributed by atoms with Gasteiger partial charge in [-0.15, -0.1) is 23.7 Å². The van der Waals surface area contributed by atoms with Gasteiger partial charge in [0.15, 0.2) is 5.13 Å². The van der Waals surface area contributed by atoms with E-state index in [1.165, 1.54) is 16.2 Å². The molecule has 22 heavy (non-hydrogen) atoms. The number of amides is 1. The van der Waals surface area contributed by atoms with Crippen molar-refractivity contribution in [3.8, 4) is 0 Å². The van der Waals surface area contributed by atoms with E-state index in [2.05, 4.69) is 10.3 Å². The summed E-state index contributed by atoms with van der Waals surface area (Å²) in [4.78, 5) is 17.9. The van der Waals surface area contributed by atoms with Gasteiger partial charge in [0.25, 0.3) is 5.91 Å². The average molecular weight is 358 g/mol. The molecule has 0 spiro atoms. The number of fused-ring (bicyclic) bond motifs is 1. The summed E-state index contributed by atoms with van der Waals surface area (Å²) in [7, 11) is 0. The molecule has 0 saturated carbocycles. The molecule has 1 amide bonds. The highest BCUT2D eigenvalue weighted by Gasteiger charge is 2.21. The molecule has 4 nitrogen and oxygen atoms in total. The highest BCUT2D eigenvalue weighted by molar-refractivity contribution is 7.15. The molecule has 1 atom stereocenters. The van der Waals surface area contributed by atoms with E-state index in [-0.39, 0.29) is 24.4 Å². The Kier molecular flexibility index (Phi) is 5.45. The van der Waals surface area contributed by atoms with Crippen molar-refractivity contribution in [2.45, 2.75) is 32.2 Å². The Hall–Kier alpha value is -1.14. The Labute approximate surface area is 144 Å². The van der Waals surface area contributed by atoms with Crippen molar-refractivity contribution in [2.75, 3.05) is 5.32 Å². The molecule has 0 bridgehead atoms. The molecule has 1 aromatic heterocycles. The minimum Gasteiger partial charge on any atom is -0.327 e. The summed E-state index contributed by atoms with van der Waals surface area (Å²) in [5.41, 5.74) is 8.52. The maximum atomic E-state index is 12.2. The number of thiazole rings is 1. The zero-order chi connectivity index (χ0) is 15.0. The Bertz CT molecular complexity index is 702. The van der Waals surface area contributed by atoms with Gasteiger partial charge in [-0.2, -0.15) is 0 Å². The molecule has 0 radical (unpaired) electrons. The van der Waals surface area contributed by atoms with Crippen LogP contribution in [0.1, 0.15) is 32.9 Å². The largest absolute Gasteiger partial charge is 0.327 e. The smallest absolute Gasteiger partial charge is 0.257 e. The maximum absolute atomic E-state index is 12.2. The van der Waals surface area contributed by atoms with Crippen molar-refractivity contribution in [3.63, 3.8) is 0 Å². The van der Waals surface area contributed by atoms with Crippen LogP contribution in [0, 0.1) is 6.92 Å². The first-order valence-corrected chi connectivity index (χ1v) is 8.04. The third kappa shape index (κ3) is 3.60. The fourth-order valence-corrected chi connectivity index (χ4v) is 3.63. The Morgan fingerprint density at radius 3 is 3.00 bits per heavy atom. The van der Waals surface area contributed by atoms with E-state index >= 15 is 0 Å². The van der Waals surface area contributed by atoms with Crippen LogP contribution in [-0.2, 0) is 12.8 Å². The van der Waals surface area contributed by atoms with E-state index in [0.717, 1.165) is 30.5 Å². The van der Waals surface area contributed by atoms with E-state index in [9.17, 15) is 4.79 Å². The molecule has 3 rings (SSSR count). The summed E-state index contributed by atoms with van der Waals surface area (Å²) in [5.74, 6) is -0.188. The molecule has 1 aliphatic rings. The number of aromatic nitrogens is 1. The lowest BCUT2D eigenvalue weighted by molar-refractivity contribution is 0.102. The standard InChI is InChI=1S/C15H16ClN3OS.ClH/c1-8-2-3-9(6-11(8)16)14(20)19-15-18-12-5-4-10(17)7-13(12)21-15;/h2-3,6,10H,4-5,7,17H2,1H3,(H,18,19,20);1H/t10-;/m0./s1. The van der Waals surface area contributed by atoms with Crippen LogP contribution in [0.2, 0.25) is 5.02 Å². The molecular formula is C15H17Cl2N3OS. The predicted octanol–water partition coefficient (Wildman–Crippen LogP) is 3.60. The van der Waals surface area contributed by atoms with Gasteiger partial charge in [-0.3, -0.25) is 10.1 Å². The Balaban J connectivity index is 0.00000176. The number of hydrogen-bond acceptors (Lipinski definition) is 4. The number of rotatable bonds is 2. The van der Waals surface area contributed by atoms with E-state index in [0.29, 0.717) is 15.7 Å². The molecule has 118 valence electrons. The molecule has 2 aromatic rings. The van der Waals surface area contributed by atoms with Crippen LogP contribution >= 0.6 is 35.3 Å². The number of hydrogen-bond donors (Lipinski definition) is 2. The van der Waals surface area contributed by atoms with Crippen molar-refractivity contribution in [2.24, 2.45) is 5.73 Å². The summed E-state index contributed by atoms with van der Waals surface area (Å²) >= 11 is 7.57. The van der Waals surface area contributed by atoms with Crippen LogP contribution in [0.3, 0.4) is 0 Å². The van der Waals surface area contributed by atoms with Gasteiger partial charge < -0.3 is 5.73 Å². The van der Waals surface area contributed by atoms with Gasteiger partial charge in [-0.05, 0) is 43.9 Å². The SMILES string of the molecule is Cc1ccc(C(=O)Nc2nc3c(s2)C[C@@H](N)CC3)cc1Cl.Cl. The van der Waals surface area contributed by atoms with E-state index in [1.54, 1.807) is 12.1 Å².